The summed E-state index contributed by atoms with van der Waals surface area (Å²) in [5.74, 6) is -0.244. The van der Waals surface area contributed by atoms with Crippen molar-refractivity contribution in [3.8, 4) is 11.3 Å². The number of carbonyl (C=O) groups excluding carboxylic acids is 1. The first-order chi connectivity index (χ1) is 9.65. The number of H-pyrrole nitrogens is 1. The highest BCUT2D eigenvalue weighted by molar-refractivity contribution is 7.09. The molecule has 0 radical (unpaired) electrons. The average molecular weight is 288 g/mol. The molecule has 20 heavy (non-hydrogen) atoms. The fourth-order valence-electron chi connectivity index (χ4n) is 2.01. The number of aromatic amines is 1. The van der Waals surface area contributed by atoms with Gasteiger partial charge in [0.2, 0.25) is 0 Å². The zero-order chi connectivity index (χ0) is 14.1. The molecule has 0 atom stereocenters. The molecule has 0 saturated carbocycles. The summed E-state index contributed by atoms with van der Waals surface area (Å²) in [7, 11) is 1.77. The average Bonchev–Trinajstić information content (AvgIpc) is 3.06. The Morgan fingerprint density at radius 2 is 2.35 bits per heavy atom. The summed E-state index contributed by atoms with van der Waals surface area (Å²) in [6.45, 7) is 0.464. The summed E-state index contributed by atoms with van der Waals surface area (Å²) in [5.41, 5.74) is 0.913. The molecule has 0 spiro atoms. The van der Waals surface area contributed by atoms with E-state index in [0.29, 0.717) is 23.4 Å². The van der Waals surface area contributed by atoms with Crippen molar-refractivity contribution < 1.29 is 4.79 Å². The zero-order valence-corrected chi connectivity index (χ0v) is 11.5. The molecule has 0 saturated heterocycles. The lowest BCUT2D eigenvalue weighted by Gasteiger charge is -2.09. The third kappa shape index (κ3) is 2.23. The van der Waals surface area contributed by atoms with E-state index in [2.05, 4.69) is 15.5 Å². The van der Waals surface area contributed by atoms with Crippen LogP contribution in [0.2, 0.25) is 0 Å². The lowest BCUT2D eigenvalue weighted by Crippen LogP contribution is -2.24. The van der Waals surface area contributed by atoms with Gasteiger partial charge in [-0.1, -0.05) is 6.07 Å². The Bertz CT molecular complexity index is 772. The summed E-state index contributed by atoms with van der Waals surface area (Å²) < 4.78 is 1.68. The SMILES string of the molecule is Cn1cc(C(=O)NCc2cccs2)c2n[nH]c(=O)c-2c1. The number of thiophene rings is 1. The van der Waals surface area contributed by atoms with Crippen LogP contribution in [0.4, 0.5) is 0 Å². The Hall–Kier alpha value is -2.41. The maximum atomic E-state index is 12.2. The minimum absolute atomic E-state index is 0.244. The van der Waals surface area contributed by atoms with Crippen LogP contribution in [0.1, 0.15) is 15.2 Å². The van der Waals surface area contributed by atoms with Crippen molar-refractivity contribution in [1.29, 1.82) is 0 Å². The molecule has 2 aliphatic rings. The van der Waals surface area contributed by atoms with Crippen LogP contribution in [0.15, 0.2) is 34.7 Å². The van der Waals surface area contributed by atoms with Crippen LogP contribution in [0.5, 0.6) is 0 Å². The molecule has 3 rings (SSSR count). The van der Waals surface area contributed by atoms with E-state index >= 15 is 0 Å². The molecule has 0 aromatic carbocycles. The summed E-state index contributed by atoms with van der Waals surface area (Å²) >= 11 is 1.58. The van der Waals surface area contributed by atoms with E-state index in [4.69, 9.17) is 0 Å². The van der Waals surface area contributed by atoms with Gasteiger partial charge in [-0.15, -0.1) is 11.3 Å². The molecular weight excluding hydrogens is 276 g/mol. The van der Waals surface area contributed by atoms with Gasteiger partial charge in [-0.3, -0.25) is 9.59 Å². The van der Waals surface area contributed by atoms with Gasteiger partial charge >= 0.3 is 0 Å². The number of amides is 1. The number of carbonyl (C=O) groups is 1. The fourth-order valence-corrected chi connectivity index (χ4v) is 2.65. The first-order valence-electron chi connectivity index (χ1n) is 6.00. The van der Waals surface area contributed by atoms with E-state index in [0.717, 1.165) is 4.88 Å². The van der Waals surface area contributed by atoms with Crippen molar-refractivity contribution in [3.63, 3.8) is 0 Å². The lowest BCUT2D eigenvalue weighted by molar-refractivity contribution is 0.0951. The Kier molecular flexibility index (Phi) is 3.11. The number of aryl methyl sites for hydroxylation is 1. The quantitative estimate of drug-likeness (QED) is 0.760. The molecule has 3 heterocycles. The number of hydrogen-bond acceptors (Lipinski definition) is 4. The summed E-state index contributed by atoms with van der Waals surface area (Å²) in [5, 5.41) is 11.1. The summed E-state index contributed by atoms with van der Waals surface area (Å²) in [4.78, 5) is 24.9. The molecule has 2 N–H and O–H groups in total. The second kappa shape index (κ2) is 4.93. The Balaban J connectivity index is 1.89. The number of aromatic nitrogens is 3. The lowest BCUT2D eigenvalue weighted by atomic mass is 10.1. The summed E-state index contributed by atoms with van der Waals surface area (Å²) in [6.07, 6.45) is 3.31. The maximum Gasteiger partial charge on any atom is 0.275 e. The van der Waals surface area contributed by atoms with E-state index < -0.39 is 0 Å². The number of pyridine rings is 1. The highest BCUT2D eigenvalue weighted by atomic mass is 32.1. The number of nitrogens with zero attached hydrogens (tertiary/aromatic N) is 2. The van der Waals surface area contributed by atoms with Gasteiger partial charge in [-0.25, -0.2) is 5.10 Å². The molecule has 0 unspecified atom stereocenters. The Morgan fingerprint density at radius 3 is 3.10 bits per heavy atom. The van der Waals surface area contributed by atoms with Crippen molar-refractivity contribution in [3.05, 3.63) is 50.7 Å². The molecule has 1 aromatic rings. The molecule has 1 amide bonds. The van der Waals surface area contributed by atoms with Gasteiger partial charge in [0.1, 0.15) is 5.69 Å². The van der Waals surface area contributed by atoms with Gasteiger partial charge in [0.25, 0.3) is 11.5 Å². The van der Waals surface area contributed by atoms with Crippen molar-refractivity contribution >= 4 is 17.2 Å². The second-order valence-corrected chi connectivity index (χ2v) is 5.45. The van der Waals surface area contributed by atoms with E-state index in [1.807, 2.05) is 17.5 Å². The summed E-state index contributed by atoms with van der Waals surface area (Å²) in [6, 6.07) is 3.89. The van der Waals surface area contributed by atoms with E-state index in [-0.39, 0.29) is 11.5 Å². The molecule has 0 aliphatic carbocycles. The van der Waals surface area contributed by atoms with Gasteiger partial charge in [-0.2, -0.15) is 5.10 Å². The van der Waals surface area contributed by atoms with Gasteiger partial charge in [-0.05, 0) is 11.4 Å². The highest BCUT2D eigenvalue weighted by Gasteiger charge is 2.20. The van der Waals surface area contributed by atoms with Crippen molar-refractivity contribution in [2.75, 3.05) is 0 Å². The molecule has 6 nitrogen and oxygen atoms in total. The Labute approximate surface area is 118 Å². The van der Waals surface area contributed by atoms with E-state index in [1.54, 1.807) is 35.3 Å². The normalized spacial score (nSPS) is 10.8. The zero-order valence-electron chi connectivity index (χ0n) is 10.7. The van der Waals surface area contributed by atoms with Gasteiger partial charge in [0.15, 0.2) is 0 Å². The largest absolute Gasteiger partial charge is 0.356 e. The van der Waals surface area contributed by atoms with Crippen molar-refractivity contribution in [1.82, 2.24) is 20.1 Å². The minimum atomic E-state index is -0.288. The van der Waals surface area contributed by atoms with Crippen LogP contribution in [0.3, 0.4) is 0 Å². The molecular formula is C13H12N4O2S. The fraction of sp³-hybridized carbons (Fsp3) is 0.154. The maximum absolute atomic E-state index is 12.2. The number of rotatable bonds is 3. The number of hydrogen-bond donors (Lipinski definition) is 2. The molecule has 7 heteroatoms. The molecule has 102 valence electrons. The van der Waals surface area contributed by atoms with Gasteiger partial charge in [0, 0.05) is 24.3 Å². The monoisotopic (exact) mass is 288 g/mol. The van der Waals surface area contributed by atoms with Crippen molar-refractivity contribution in [2.45, 2.75) is 6.54 Å². The van der Waals surface area contributed by atoms with Crippen LogP contribution >= 0.6 is 11.3 Å². The first-order valence-corrected chi connectivity index (χ1v) is 6.88. The minimum Gasteiger partial charge on any atom is -0.356 e. The van der Waals surface area contributed by atoms with Crippen LogP contribution < -0.4 is 10.9 Å². The Morgan fingerprint density at radius 1 is 1.50 bits per heavy atom. The first kappa shape index (κ1) is 12.6. The highest BCUT2D eigenvalue weighted by Crippen LogP contribution is 2.19. The van der Waals surface area contributed by atoms with Crippen LogP contribution in [-0.4, -0.2) is 20.7 Å². The third-order valence-corrected chi connectivity index (χ3v) is 3.81. The second-order valence-electron chi connectivity index (χ2n) is 4.41. The number of nitrogens with one attached hydrogen (secondary N) is 2. The van der Waals surface area contributed by atoms with Gasteiger partial charge < -0.3 is 9.88 Å². The van der Waals surface area contributed by atoms with Crippen LogP contribution in [0, 0.1) is 0 Å². The molecule has 2 aliphatic heterocycles. The van der Waals surface area contributed by atoms with Crippen molar-refractivity contribution in [2.24, 2.45) is 7.05 Å². The van der Waals surface area contributed by atoms with Crippen LogP contribution in [0.25, 0.3) is 11.3 Å². The van der Waals surface area contributed by atoms with Gasteiger partial charge in [0.05, 0.1) is 17.7 Å². The molecule has 0 fully saturated rings. The predicted octanol–water partition coefficient (Wildman–Crippen LogP) is 1.20. The topological polar surface area (TPSA) is 79.8 Å². The van der Waals surface area contributed by atoms with E-state index in [1.165, 1.54) is 0 Å². The number of fused-ring (bicyclic) bond motifs is 1. The van der Waals surface area contributed by atoms with Crippen LogP contribution in [-0.2, 0) is 13.6 Å². The predicted molar refractivity (Wildman–Crippen MR) is 75.9 cm³/mol. The standard InChI is InChI=1S/C13H12N4O2S/c1-17-6-9(11-10(7-17)13(19)16-15-11)12(18)14-5-8-3-2-4-20-8/h2-4,6-7H,5H2,1H3,(H,14,18)(H,16,19). The molecule has 1 aromatic heterocycles. The smallest absolute Gasteiger partial charge is 0.275 e. The van der Waals surface area contributed by atoms with E-state index in [9.17, 15) is 9.59 Å². The third-order valence-electron chi connectivity index (χ3n) is 2.94. The molecule has 0 bridgehead atoms.